The summed E-state index contributed by atoms with van der Waals surface area (Å²) in [6.45, 7) is 2.17. The van der Waals surface area contributed by atoms with E-state index in [9.17, 15) is 8.78 Å². The second-order valence-electron chi connectivity index (χ2n) is 5.50. The molecule has 1 saturated carbocycles. The van der Waals surface area contributed by atoms with Gasteiger partial charge < -0.3 is 0 Å². The van der Waals surface area contributed by atoms with Gasteiger partial charge in [-0.3, -0.25) is 11.3 Å². The maximum Gasteiger partial charge on any atom is 0.162 e. The second kappa shape index (κ2) is 5.33. The third kappa shape index (κ3) is 2.54. The molecule has 2 nitrogen and oxygen atoms in total. The molecule has 0 spiro atoms. The van der Waals surface area contributed by atoms with Gasteiger partial charge in [-0.1, -0.05) is 31.9 Å². The molecule has 1 aromatic rings. The smallest absolute Gasteiger partial charge is 0.162 e. The summed E-state index contributed by atoms with van der Waals surface area (Å²) in [4.78, 5) is 0. The number of hydrazine groups is 1. The van der Waals surface area contributed by atoms with E-state index in [1.807, 2.05) is 0 Å². The molecule has 18 heavy (non-hydrogen) atoms. The van der Waals surface area contributed by atoms with Crippen LogP contribution in [0.25, 0.3) is 0 Å². The summed E-state index contributed by atoms with van der Waals surface area (Å²) in [5, 5.41) is 0. The third-order valence-electron chi connectivity index (χ3n) is 4.24. The third-order valence-corrected chi connectivity index (χ3v) is 4.24. The molecular weight excluding hydrogens is 234 g/mol. The SMILES string of the molecule is CC1(C(Cc2cccc(F)c2F)NN)CCCC1. The summed E-state index contributed by atoms with van der Waals surface area (Å²) in [6.07, 6.45) is 4.95. The lowest BCUT2D eigenvalue weighted by Gasteiger charge is -2.33. The highest BCUT2D eigenvalue weighted by atomic mass is 19.2. The first-order valence-electron chi connectivity index (χ1n) is 6.46. The number of nitrogens with two attached hydrogens (primary N) is 1. The van der Waals surface area contributed by atoms with Gasteiger partial charge >= 0.3 is 0 Å². The van der Waals surface area contributed by atoms with Crippen LogP contribution in [-0.4, -0.2) is 6.04 Å². The maximum absolute atomic E-state index is 13.7. The minimum absolute atomic E-state index is 0.0173. The predicted molar refractivity (Wildman–Crippen MR) is 67.7 cm³/mol. The molecule has 0 amide bonds. The molecule has 1 fully saturated rings. The highest BCUT2D eigenvalue weighted by Crippen LogP contribution is 2.41. The van der Waals surface area contributed by atoms with Gasteiger partial charge in [0.05, 0.1) is 0 Å². The molecule has 3 N–H and O–H groups in total. The van der Waals surface area contributed by atoms with E-state index in [0.717, 1.165) is 18.9 Å². The molecular formula is C14H20F2N2. The summed E-state index contributed by atoms with van der Waals surface area (Å²) in [6, 6.07) is 4.29. The fraction of sp³-hybridized carbons (Fsp3) is 0.571. The van der Waals surface area contributed by atoms with Crippen LogP contribution in [0.4, 0.5) is 8.78 Å². The zero-order valence-electron chi connectivity index (χ0n) is 10.7. The quantitative estimate of drug-likeness (QED) is 0.640. The Morgan fingerprint density at radius 3 is 2.61 bits per heavy atom. The Labute approximate surface area is 107 Å². The van der Waals surface area contributed by atoms with Crippen molar-refractivity contribution in [2.24, 2.45) is 11.3 Å². The lowest BCUT2D eigenvalue weighted by molar-refractivity contribution is 0.219. The molecule has 0 heterocycles. The van der Waals surface area contributed by atoms with Gasteiger partial charge in [-0.15, -0.1) is 0 Å². The van der Waals surface area contributed by atoms with Gasteiger partial charge in [0.2, 0.25) is 0 Å². The summed E-state index contributed by atoms with van der Waals surface area (Å²) in [5.41, 5.74) is 3.26. The topological polar surface area (TPSA) is 38.0 Å². The van der Waals surface area contributed by atoms with Crippen LogP contribution in [-0.2, 0) is 6.42 Å². The predicted octanol–water partition coefficient (Wildman–Crippen LogP) is 2.92. The molecule has 1 aliphatic rings. The molecule has 1 atom stereocenters. The summed E-state index contributed by atoms with van der Waals surface area (Å²) < 4.78 is 26.8. The normalized spacial score (nSPS) is 20.0. The number of hydrogen-bond donors (Lipinski definition) is 2. The van der Waals surface area contributed by atoms with Crippen LogP contribution >= 0.6 is 0 Å². The molecule has 0 saturated heterocycles. The standard InChI is InChI=1S/C14H20F2N2/c1-14(7-2-3-8-14)12(18-17)9-10-5-4-6-11(15)13(10)16/h4-6,12,18H,2-3,7-9,17H2,1H3. The first kappa shape index (κ1) is 13.4. The van der Waals surface area contributed by atoms with Crippen molar-refractivity contribution in [3.63, 3.8) is 0 Å². The van der Waals surface area contributed by atoms with E-state index in [2.05, 4.69) is 12.3 Å². The van der Waals surface area contributed by atoms with E-state index >= 15 is 0 Å². The van der Waals surface area contributed by atoms with Crippen molar-refractivity contribution in [1.82, 2.24) is 5.43 Å². The Morgan fingerprint density at radius 1 is 1.33 bits per heavy atom. The Balaban J connectivity index is 2.17. The average Bonchev–Trinajstić information content (AvgIpc) is 2.79. The lowest BCUT2D eigenvalue weighted by atomic mass is 9.78. The largest absolute Gasteiger partial charge is 0.271 e. The first-order chi connectivity index (χ1) is 8.57. The van der Waals surface area contributed by atoms with Gasteiger partial charge in [-0.05, 0) is 36.3 Å². The molecule has 1 aliphatic carbocycles. The van der Waals surface area contributed by atoms with Gasteiger partial charge in [0.15, 0.2) is 11.6 Å². The Kier molecular flexibility index (Phi) is 3.97. The number of nitrogens with one attached hydrogen (secondary N) is 1. The van der Waals surface area contributed by atoms with Crippen molar-refractivity contribution in [3.05, 3.63) is 35.4 Å². The van der Waals surface area contributed by atoms with Gasteiger partial charge in [0, 0.05) is 6.04 Å². The van der Waals surface area contributed by atoms with E-state index < -0.39 is 11.6 Å². The van der Waals surface area contributed by atoms with Crippen molar-refractivity contribution in [2.45, 2.75) is 45.1 Å². The van der Waals surface area contributed by atoms with Crippen molar-refractivity contribution in [1.29, 1.82) is 0 Å². The highest BCUT2D eigenvalue weighted by Gasteiger charge is 2.36. The van der Waals surface area contributed by atoms with Gasteiger partial charge in [-0.25, -0.2) is 8.78 Å². The minimum Gasteiger partial charge on any atom is -0.271 e. The van der Waals surface area contributed by atoms with Crippen LogP contribution in [0.5, 0.6) is 0 Å². The summed E-state index contributed by atoms with van der Waals surface area (Å²) in [5.74, 6) is 4.07. The molecule has 1 aromatic carbocycles. The number of halogens is 2. The lowest BCUT2D eigenvalue weighted by Crippen LogP contribution is -2.47. The molecule has 0 aromatic heterocycles. The van der Waals surface area contributed by atoms with Gasteiger partial charge in [0.25, 0.3) is 0 Å². The van der Waals surface area contributed by atoms with Crippen molar-refractivity contribution in [3.8, 4) is 0 Å². The number of rotatable bonds is 4. The molecule has 4 heteroatoms. The summed E-state index contributed by atoms with van der Waals surface area (Å²) in [7, 11) is 0. The van der Waals surface area contributed by atoms with Crippen LogP contribution in [0.3, 0.4) is 0 Å². The van der Waals surface area contributed by atoms with Crippen LogP contribution in [0.1, 0.15) is 38.2 Å². The summed E-state index contributed by atoms with van der Waals surface area (Å²) >= 11 is 0. The van der Waals surface area contributed by atoms with Crippen molar-refractivity contribution in [2.75, 3.05) is 0 Å². The highest BCUT2D eigenvalue weighted by molar-refractivity contribution is 5.20. The molecule has 0 aliphatic heterocycles. The molecule has 0 radical (unpaired) electrons. The second-order valence-corrected chi connectivity index (χ2v) is 5.50. The molecule has 0 bridgehead atoms. The Bertz CT molecular complexity index is 414. The monoisotopic (exact) mass is 254 g/mol. The van der Waals surface area contributed by atoms with Gasteiger partial charge in [-0.2, -0.15) is 0 Å². The maximum atomic E-state index is 13.7. The molecule has 2 rings (SSSR count). The van der Waals surface area contributed by atoms with E-state index in [1.54, 1.807) is 6.07 Å². The number of benzene rings is 1. The zero-order chi connectivity index (χ0) is 13.2. The average molecular weight is 254 g/mol. The fourth-order valence-corrected chi connectivity index (χ4v) is 2.96. The van der Waals surface area contributed by atoms with E-state index in [0.29, 0.717) is 12.0 Å². The van der Waals surface area contributed by atoms with E-state index in [-0.39, 0.29) is 11.5 Å². The first-order valence-corrected chi connectivity index (χ1v) is 6.46. The number of hydrogen-bond acceptors (Lipinski definition) is 2. The molecule has 1 unspecified atom stereocenters. The van der Waals surface area contributed by atoms with Crippen LogP contribution in [0.15, 0.2) is 18.2 Å². The van der Waals surface area contributed by atoms with E-state index in [4.69, 9.17) is 5.84 Å². The van der Waals surface area contributed by atoms with Crippen molar-refractivity contribution >= 4 is 0 Å². The Hall–Kier alpha value is -1.00. The van der Waals surface area contributed by atoms with E-state index in [1.165, 1.54) is 18.9 Å². The van der Waals surface area contributed by atoms with Gasteiger partial charge in [0.1, 0.15) is 0 Å². The van der Waals surface area contributed by atoms with Crippen LogP contribution < -0.4 is 11.3 Å². The van der Waals surface area contributed by atoms with Crippen LogP contribution in [0.2, 0.25) is 0 Å². The zero-order valence-corrected chi connectivity index (χ0v) is 10.7. The minimum atomic E-state index is -0.792. The van der Waals surface area contributed by atoms with Crippen LogP contribution in [0, 0.1) is 17.0 Å². The Morgan fingerprint density at radius 2 is 2.00 bits per heavy atom. The fourth-order valence-electron chi connectivity index (χ4n) is 2.96. The molecule has 100 valence electrons. The van der Waals surface area contributed by atoms with Crippen molar-refractivity contribution < 1.29 is 8.78 Å².